The zero-order valence-electron chi connectivity index (χ0n) is 20.1. The van der Waals surface area contributed by atoms with Crippen LogP contribution in [0.2, 0.25) is 0 Å². The van der Waals surface area contributed by atoms with Crippen molar-refractivity contribution >= 4 is 30.0 Å². The number of rotatable bonds is 11. The largest absolute Gasteiger partial charge is 0.467 e. The van der Waals surface area contributed by atoms with Crippen molar-refractivity contribution in [1.82, 2.24) is 25.1 Å². The molecule has 0 spiro atoms. The minimum absolute atomic E-state index is 0.244. The third-order valence-electron chi connectivity index (χ3n) is 6.38. The lowest BCUT2D eigenvalue weighted by molar-refractivity contribution is -0.144. The van der Waals surface area contributed by atoms with E-state index in [-0.39, 0.29) is 5.91 Å². The Kier molecular flexibility index (Phi) is 12.3. The summed E-state index contributed by atoms with van der Waals surface area (Å²) in [5, 5.41) is 2.40. The van der Waals surface area contributed by atoms with E-state index in [1.54, 1.807) is 24.3 Å². The van der Waals surface area contributed by atoms with Gasteiger partial charge >= 0.3 is 5.97 Å². The van der Waals surface area contributed by atoms with E-state index in [1.807, 2.05) is 6.26 Å². The van der Waals surface area contributed by atoms with Crippen LogP contribution in [0.3, 0.4) is 0 Å². The lowest BCUT2D eigenvalue weighted by Crippen LogP contribution is -2.43. The highest BCUT2D eigenvalue weighted by molar-refractivity contribution is 7.98. The number of aromatic amines is 1. The summed E-state index contributed by atoms with van der Waals surface area (Å²) in [5.41, 5.74) is 0.915. The maximum atomic E-state index is 12.5. The summed E-state index contributed by atoms with van der Waals surface area (Å²) in [6.07, 6.45) is 11.8. The SMILES string of the molecule is CC[C@H]1CCN(CC2CCCN2C(=O)Cc2cnc[nH]2)C1.COC(=O)[C@H](CCSC)NC=O. The van der Waals surface area contributed by atoms with Crippen LogP contribution in [0.5, 0.6) is 0 Å². The number of hydrogen-bond acceptors (Lipinski definition) is 7. The van der Waals surface area contributed by atoms with E-state index in [4.69, 9.17) is 0 Å². The van der Waals surface area contributed by atoms with Crippen molar-refractivity contribution in [3.63, 3.8) is 0 Å². The molecule has 2 amide bonds. The average Bonchev–Trinajstić information content (AvgIpc) is 3.59. The quantitative estimate of drug-likeness (QED) is 0.366. The lowest BCUT2D eigenvalue weighted by atomic mass is 10.1. The molecule has 2 saturated heterocycles. The van der Waals surface area contributed by atoms with Crippen molar-refractivity contribution in [2.45, 2.75) is 57.5 Å². The molecule has 9 nitrogen and oxygen atoms in total. The van der Waals surface area contributed by atoms with E-state index < -0.39 is 12.0 Å². The standard InChI is InChI=1S/C16H26N4O.C7H13NO3S/c1-2-13-5-7-19(10-13)11-15-4-3-6-20(15)16(21)8-14-9-17-12-18-14;1-11-7(10)6(8-5-9)3-4-12-2/h9,12-13,15H,2-8,10-11H2,1H3,(H,17,18);5-6H,3-4H2,1-2H3,(H,8,9)/t13-,15?;6-/m00/s1. The Morgan fingerprint density at radius 2 is 2.21 bits per heavy atom. The number of aromatic nitrogens is 2. The Morgan fingerprint density at radius 3 is 2.82 bits per heavy atom. The number of hydrogen-bond donors (Lipinski definition) is 2. The number of carbonyl (C=O) groups excluding carboxylic acids is 3. The number of esters is 1. The first-order chi connectivity index (χ1) is 16.0. The van der Waals surface area contributed by atoms with E-state index in [1.165, 1.54) is 33.0 Å². The van der Waals surface area contributed by atoms with Crippen LogP contribution in [0.1, 0.15) is 44.7 Å². The molecule has 2 aliphatic rings. The number of methoxy groups -OCH3 is 1. The van der Waals surface area contributed by atoms with Crippen LogP contribution >= 0.6 is 11.8 Å². The first kappa shape index (κ1) is 27.2. The van der Waals surface area contributed by atoms with Crippen LogP contribution in [0.25, 0.3) is 0 Å². The molecule has 33 heavy (non-hydrogen) atoms. The number of thioether (sulfide) groups is 1. The van der Waals surface area contributed by atoms with Crippen LogP contribution in [-0.2, 0) is 25.5 Å². The van der Waals surface area contributed by atoms with E-state index in [0.717, 1.165) is 43.3 Å². The second-order valence-electron chi connectivity index (χ2n) is 8.60. The van der Waals surface area contributed by atoms with Crippen LogP contribution in [-0.4, -0.2) is 95.4 Å². The average molecular weight is 482 g/mol. The molecule has 1 unspecified atom stereocenters. The highest BCUT2D eigenvalue weighted by Gasteiger charge is 2.32. The first-order valence-corrected chi connectivity index (χ1v) is 13.2. The van der Waals surface area contributed by atoms with Crippen molar-refractivity contribution < 1.29 is 19.1 Å². The van der Waals surface area contributed by atoms with Gasteiger partial charge in [-0.15, -0.1) is 0 Å². The molecule has 0 radical (unpaired) electrons. The Bertz CT molecular complexity index is 718. The van der Waals surface area contributed by atoms with Gasteiger partial charge in [0.05, 0.1) is 19.9 Å². The predicted octanol–water partition coefficient (Wildman–Crippen LogP) is 1.70. The molecule has 2 aliphatic heterocycles. The van der Waals surface area contributed by atoms with E-state index in [2.05, 4.69) is 36.7 Å². The summed E-state index contributed by atoms with van der Waals surface area (Å²) >= 11 is 1.62. The molecule has 2 fully saturated rings. The van der Waals surface area contributed by atoms with Crippen LogP contribution < -0.4 is 5.32 Å². The van der Waals surface area contributed by atoms with Gasteiger partial charge in [-0.25, -0.2) is 9.78 Å². The van der Waals surface area contributed by atoms with Crippen molar-refractivity contribution in [3.8, 4) is 0 Å². The number of nitrogens with zero attached hydrogens (tertiary/aromatic N) is 3. The number of amides is 2. The van der Waals surface area contributed by atoms with E-state index in [9.17, 15) is 14.4 Å². The number of H-pyrrole nitrogens is 1. The molecule has 1 aromatic heterocycles. The van der Waals surface area contributed by atoms with Gasteiger partial charge < -0.3 is 24.8 Å². The van der Waals surface area contributed by atoms with Gasteiger partial charge in [-0.2, -0.15) is 11.8 Å². The smallest absolute Gasteiger partial charge is 0.328 e. The topological polar surface area (TPSA) is 108 Å². The molecular formula is C23H39N5O4S. The molecule has 3 rings (SSSR count). The molecule has 2 N–H and O–H groups in total. The van der Waals surface area contributed by atoms with Gasteiger partial charge in [0, 0.05) is 37.6 Å². The van der Waals surface area contributed by atoms with Crippen LogP contribution in [0.4, 0.5) is 0 Å². The Labute approximate surface area is 201 Å². The van der Waals surface area contributed by atoms with Gasteiger partial charge in [-0.1, -0.05) is 13.3 Å². The summed E-state index contributed by atoms with van der Waals surface area (Å²) < 4.78 is 4.49. The van der Waals surface area contributed by atoms with Crippen molar-refractivity contribution in [2.24, 2.45) is 5.92 Å². The normalized spacial score (nSPS) is 21.2. The monoisotopic (exact) mass is 481 g/mol. The van der Waals surface area contributed by atoms with Gasteiger partial charge in [0.1, 0.15) is 6.04 Å². The summed E-state index contributed by atoms with van der Waals surface area (Å²) in [6, 6.07) is -0.0871. The number of likely N-dealkylation sites (tertiary alicyclic amines) is 2. The van der Waals surface area contributed by atoms with Gasteiger partial charge in [0.2, 0.25) is 12.3 Å². The third kappa shape index (κ3) is 9.00. The lowest BCUT2D eigenvalue weighted by Gasteiger charge is -2.28. The number of imidazole rings is 1. The second-order valence-corrected chi connectivity index (χ2v) is 9.59. The van der Waals surface area contributed by atoms with Crippen LogP contribution in [0.15, 0.2) is 12.5 Å². The molecule has 0 bridgehead atoms. The predicted molar refractivity (Wildman–Crippen MR) is 130 cm³/mol. The minimum atomic E-state index is -0.500. The number of ether oxygens (including phenoxy) is 1. The van der Waals surface area contributed by atoms with Crippen molar-refractivity contribution in [2.75, 3.05) is 45.3 Å². The highest BCUT2D eigenvalue weighted by Crippen LogP contribution is 2.24. The Hall–Kier alpha value is -2.07. The zero-order chi connectivity index (χ0) is 24.1. The molecule has 0 aromatic carbocycles. The summed E-state index contributed by atoms with van der Waals surface area (Å²) in [6.45, 7) is 6.69. The maximum absolute atomic E-state index is 12.5. The fraction of sp³-hybridized carbons (Fsp3) is 0.739. The molecule has 1 aromatic rings. The maximum Gasteiger partial charge on any atom is 0.328 e. The molecule has 0 saturated carbocycles. The summed E-state index contributed by atoms with van der Waals surface area (Å²) in [7, 11) is 1.31. The second kappa shape index (κ2) is 15.0. The minimum Gasteiger partial charge on any atom is -0.467 e. The Morgan fingerprint density at radius 1 is 1.39 bits per heavy atom. The van der Waals surface area contributed by atoms with Crippen molar-refractivity contribution in [3.05, 3.63) is 18.2 Å². The van der Waals surface area contributed by atoms with Gasteiger partial charge in [-0.05, 0) is 50.2 Å². The molecule has 0 aliphatic carbocycles. The van der Waals surface area contributed by atoms with Gasteiger partial charge in [-0.3, -0.25) is 9.59 Å². The zero-order valence-corrected chi connectivity index (χ0v) is 20.9. The Balaban J connectivity index is 0.000000277. The molecular weight excluding hydrogens is 442 g/mol. The fourth-order valence-electron chi connectivity index (χ4n) is 4.44. The number of nitrogens with one attached hydrogen (secondary N) is 2. The fourth-order valence-corrected chi connectivity index (χ4v) is 4.91. The molecule has 186 valence electrons. The van der Waals surface area contributed by atoms with Gasteiger partial charge in [0.25, 0.3) is 0 Å². The molecule has 3 atom stereocenters. The molecule has 3 heterocycles. The third-order valence-corrected chi connectivity index (χ3v) is 7.02. The van der Waals surface area contributed by atoms with E-state index >= 15 is 0 Å². The first-order valence-electron chi connectivity index (χ1n) is 11.8. The highest BCUT2D eigenvalue weighted by atomic mass is 32.2. The summed E-state index contributed by atoms with van der Waals surface area (Å²) in [4.78, 5) is 45.2. The molecule has 10 heteroatoms. The van der Waals surface area contributed by atoms with Crippen molar-refractivity contribution in [1.29, 1.82) is 0 Å². The van der Waals surface area contributed by atoms with Gasteiger partial charge in [0.15, 0.2) is 0 Å². The van der Waals surface area contributed by atoms with E-state index in [0.29, 0.717) is 25.3 Å². The number of carbonyl (C=O) groups is 3. The van der Waals surface area contributed by atoms with Crippen LogP contribution in [0, 0.1) is 5.92 Å². The summed E-state index contributed by atoms with van der Waals surface area (Å²) in [5.74, 6) is 1.53.